The summed E-state index contributed by atoms with van der Waals surface area (Å²) < 4.78 is 2.78. The number of rotatable bonds is 4. The van der Waals surface area contributed by atoms with Gasteiger partial charge in [0.2, 0.25) is 0 Å². The third-order valence-corrected chi connectivity index (χ3v) is 6.39. The van der Waals surface area contributed by atoms with Crippen LogP contribution in [0.5, 0.6) is 0 Å². The largest absolute Gasteiger partial charge is 0.384 e. The number of nitrogens with zero attached hydrogens (tertiary/aromatic N) is 2. The monoisotopic (exact) mass is 299 g/mol. The maximum atomic E-state index is 4.43. The van der Waals surface area contributed by atoms with Crippen molar-refractivity contribution < 1.29 is 0 Å². The highest BCUT2D eigenvalue weighted by Crippen LogP contribution is 2.45. The normalized spacial score (nSPS) is 18.9. The lowest BCUT2D eigenvalue weighted by Gasteiger charge is -2.41. The molecule has 4 rings (SSSR count). The van der Waals surface area contributed by atoms with Crippen LogP contribution in [0.25, 0.3) is 11.3 Å². The fourth-order valence-corrected chi connectivity index (χ4v) is 4.50. The van der Waals surface area contributed by atoms with Crippen molar-refractivity contribution >= 4 is 17.4 Å². The molecule has 110 valence electrons. The van der Waals surface area contributed by atoms with Crippen LogP contribution in [0, 0.1) is 0 Å². The summed E-state index contributed by atoms with van der Waals surface area (Å²) in [4.78, 5) is 4.43. The van der Waals surface area contributed by atoms with Crippen molar-refractivity contribution in [3.8, 4) is 11.3 Å². The minimum atomic E-state index is 0.431. The van der Waals surface area contributed by atoms with Gasteiger partial charge in [0, 0.05) is 29.1 Å². The van der Waals surface area contributed by atoms with E-state index in [0.29, 0.717) is 4.75 Å². The van der Waals surface area contributed by atoms with Crippen LogP contribution in [0.2, 0.25) is 0 Å². The molecule has 0 spiro atoms. The quantitative estimate of drug-likeness (QED) is 0.931. The summed E-state index contributed by atoms with van der Waals surface area (Å²) in [6, 6.07) is 6.62. The molecule has 1 aliphatic heterocycles. The molecule has 3 nitrogen and oxygen atoms in total. The highest BCUT2D eigenvalue weighted by Gasteiger charge is 2.37. The van der Waals surface area contributed by atoms with Crippen molar-refractivity contribution in [3.05, 3.63) is 36.3 Å². The van der Waals surface area contributed by atoms with E-state index >= 15 is 0 Å². The third-order valence-electron chi connectivity index (χ3n) is 4.99. The maximum Gasteiger partial charge on any atom is 0.0951 e. The summed E-state index contributed by atoms with van der Waals surface area (Å²) >= 11 is 2.02. The van der Waals surface area contributed by atoms with Gasteiger partial charge in [-0.05, 0) is 31.1 Å². The molecule has 1 saturated carbocycles. The van der Waals surface area contributed by atoms with Crippen molar-refractivity contribution in [1.29, 1.82) is 0 Å². The molecule has 0 amide bonds. The Balaban J connectivity index is 1.71. The number of fused-ring (bicyclic) bond motifs is 1. The van der Waals surface area contributed by atoms with E-state index in [4.69, 9.17) is 0 Å². The van der Waals surface area contributed by atoms with E-state index in [1.54, 1.807) is 0 Å². The maximum absolute atomic E-state index is 4.43. The van der Waals surface area contributed by atoms with Crippen LogP contribution in [-0.4, -0.2) is 27.1 Å². The zero-order valence-electron chi connectivity index (χ0n) is 12.4. The number of anilines is 1. The van der Waals surface area contributed by atoms with Gasteiger partial charge in [-0.25, -0.2) is 4.98 Å². The number of hydrogen-bond acceptors (Lipinski definition) is 3. The highest BCUT2D eigenvalue weighted by molar-refractivity contribution is 8.00. The van der Waals surface area contributed by atoms with Crippen molar-refractivity contribution in [2.75, 3.05) is 18.1 Å². The minimum Gasteiger partial charge on any atom is -0.384 e. The number of nitrogens with one attached hydrogen (secondary N) is 1. The summed E-state index contributed by atoms with van der Waals surface area (Å²) in [5.41, 5.74) is 5.30. The fraction of sp³-hybridized carbons (Fsp3) is 0.471. The Morgan fingerprint density at radius 3 is 3.05 bits per heavy atom. The average Bonchev–Trinajstić information content (AvgIpc) is 3.11. The molecular weight excluding hydrogens is 278 g/mol. The van der Waals surface area contributed by atoms with Crippen LogP contribution in [0.4, 0.5) is 5.69 Å². The van der Waals surface area contributed by atoms with Crippen LogP contribution in [-0.2, 0) is 13.0 Å². The number of para-hydroxylation sites is 1. The van der Waals surface area contributed by atoms with E-state index in [1.807, 2.05) is 24.3 Å². The molecule has 4 heteroatoms. The molecule has 1 aliphatic carbocycles. The number of aromatic nitrogens is 2. The van der Waals surface area contributed by atoms with E-state index in [1.165, 1.54) is 41.8 Å². The summed E-state index contributed by atoms with van der Waals surface area (Å²) in [7, 11) is 0. The SMILES string of the molecule is CSC1(Cn2cncc2-c2cccc3c2NCC3)CCC1. The van der Waals surface area contributed by atoms with Gasteiger partial charge in [0.05, 0.1) is 18.2 Å². The number of imidazole rings is 1. The summed E-state index contributed by atoms with van der Waals surface area (Å²) in [6.45, 7) is 2.13. The van der Waals surface area contributed by atoms with Crippen LogP contribution in [0.15, 0.2) is 30.7 Å². The first-order chi connectivity index (χ1) is 10.3. The van der Waals surface area contributed by atoms with Gasteiger partial charge < -0.3 is 9.88 Å². The van der Waals surface area contributed by atoms with Gasteiger partial charge in [0.1, 0.15) is 0 Å². The first-order valence-corrected chi connectivity index (χ1v) is 8.95. The predicted molar refractivity (Wildman–Crippen MR) is 90.0 cm³/mol. The van der Waals surface area contributed by atoms with Crippen LogP contribution in [0.1, 0.15) is 24.8 Å². The third kappa shape index (κ3) is 2.16. The second kappa shape index (κ2) is 5.09. The Bertz CT molecular complexity index is 652. The van der Waals surface area contributed by atoms with Crippen molar-refractivity contribution in [2.45, 2.75) is 37.0 Å². The Morgan fingerprint density at radius 2 is 2.29 bits per heavy atom. The topological polar surface area (TPSA) is 29.9 Å². The molecule has 1 fully saturated rings. The van der Waals surface area contributed by atoms with Gasteiger partial charge in [-0.15, -0.1) is 0 Å². The lowest BCUT2D eigenvalue weighted by molar-refractivity contribution is 0.323. The van der Waals surface area contributed by atoms with Crippen LogP contribution in [0.3, 0.4) is 0 Å². The molecule has 1 aromatic carbocycles. The molecule has 1 aromatic heterocycles. The molecule has 1 N–H and O–H groups in total. The second-order valence-corrected chi connectivity index (χ2v) is 7.44. The average molecular weight is 299 g/mol. The first-order valence-electron chi connectivity index (χ1n) is 7.73. The first kappa shape index (κ1) is 13.3. The van der Waals surface area contributed by atoms with Gasteiger partial charge in [-0.1, -0.05) is 24.6 Å². The highest BCUT2D eigenvalue weighted by atomic mass is 32.2. The van der Waals surface area contributed by atoms with Gasteiger partial charge in [0.15, 0.2) is 0 Å². The van der Waals surface area contributed by atoms with E-state index in [0.717, 1.165) is 19.5 Å². The zero-order valence-corrected chi connectivity index (χ0v) is 13.2. The molecule has 0 bridgehead atoms. The minimum absolute atomic E-state index is 0.431. The Labute approximate surface area is 130 Å². The lowest BCUT2D eigenvalue weighted by Crippen LogP contribution is -2.37. The van der Waals surface area contributed by atoms with Crippen molar-refractivity contribution in [2.24, 2.45) is 0 Å². The molecule has 2 heterocycles. The fourth-order valence-electron chi connectivity index (χ4n) is 3.53. The molecule has 0 saturated heterocycles. The summed E-state index contributed by atoms with van der Waals surface area (Å²) in [5, 5.41) is 3.54. The van der Waals surface area contributed by atoms with Gasteiger partial charge in [-0.2, -0.15) is 11.8 Å². The summed E-state index contributed by atoms with van der Waals surface area (Å²) in [5.74, 6) is 0. The van der Waals surface area contributed by atoms with Crippen LogP contribution < -0.4 is 5.32 Å². The molecule has 2 aromatic rings. The second-order valence-electron chi connectivity index (χ2n) is 6.16. The molecule has 0 atom stereocenters. The van der Waals surface area contributed by atoms with E-state index in [9.17, 15) is 0 Å². The standard InChI is InChI=1S/C17H21N3S/c1-21-17(7-3-8-17)11-20-12-18-10-15(20)14-5-2-4-13-6-9-19-16(13)14/h2,4-5,10,12,19H,3,6-9,11H2,1H3. The van der Waals surface area contributed by atoms with Gasteiger partial charge >= 0.3 is 0 Å². The summed E-state index contributed by atoms with van der Waals surface area (Å²) in [6.07, 6.45) is 11.4. The molecular formula is C17H21N3S. The van der Waals surface area contributed by atoms with Gasteiger partial charge in [0.25, 0.3) is 0 Å². The van der Waals surface area contributed by atoms with E-state index in [-0.39, 0.29) is 0 Å². The molecule has 2 aliphatic rings. The van der Waals surface area contributed by atoms with Crippen molar-refractivity contribution in [1.82, 2.24) is 9.55 Å². The molecule has 0 radical (unpaired) electrons. The Morgan fingerprint density at radius 1 is 1.38 bits per heavy atom. The van der Waals surface area contributed by atoms with Gasteiger partial charge in [-0.3, -0.25) is 0 Å². The van der Waals surface area contributed by atoms with Crippen LogP contribution >= 0.6 is 11.8 Å². The number of hydrogen-bond donors (Lipinski definition) is 1. The number of thioether (sulfide) groups is 1. The number of benzene rings is 1. The zero-order chi connectivity index (χ0) is 14.3. The molecule has 21 heavy (non-hydrogen) atoms. The van der Waals surface area contributed by atoms with Crippen molar-refractivity contribution in [3.63, 3.8) is 0 Å². The Kier molecular flexibility index (Phi) is 3.21. The van der Waals surface area contributed by atoms with E-state index in [2.05, 4.69) is 39.3 Å². The van der Waals surface area contributed by atoms with E-state index < -0.39 is 0 Å². The Hall–Kier alpha value is -1.42. The smallest absolute Gasteiger partial charge is 0.0951 e. The molecule has 0 unspecified atom stereocenters. The lowest BCUT2D eigenvalue weighted by atomic mass is 9.84. The predicted octanol–water partition coefficient (Wildman–Crippen LogP) is 3.80.